The van der Waals surface area contributed by atoms with E-state index in [0.29, 0.717) is 0 Å². The third kappa shape index (κ3) is 2.88. The van der Waals surface area contributed by atoms with Crippen molar-refractivity contribution in [1.82, 2.24) is 10.2 Å². The smallest absolute Gasteiger partial charge is 0.0249 e. The normalized spacial score (nSPS) is 32.6. The van der Waals surface area contributed by atoms with Crippen molar-refractivity contribution in [2.24, 2.45) is 11.8 Å². The van der Waals surface area contributed by atoms with Gasteiger partial charge in [-0.05, 0) is 66.3 Å². The van der Waals surface area contributed by atoms with Crippen molar-refractivity contribution in [2.45, 2.75) is 44.2 Å². The summed E-state index contributed by atoms with van der Waals surface area (Å²) in [6.07, 6.45) is 7.10. The minimum atomic E-state index is 0.789. The summed E-state index contributed by atoms with van der Waals surface area (Å²) >= 11 is 1.83. The zero-order valence-corrected chi connectivity index (χ0v) is 12.4. The first kappa shape index (κ1) is 12.4. The Balaban J connectivity index is 1.38. The third-order valence-corrected chi connectivity index (χ3v) is 5.85. The van der Waals surface area contributed by atoms with Crippen molar-refractivity contribution in [3.8, 4) is 0 Å². The molecule has 3 fully saturated rings. The summed E-state index contributed by atoms with van der Waals surface area (Å²) in [5, 5.41) is 8.36. The lowest BCUT2D eigenvalue weighted by Crippen LogP contribution is -2.58. The Hall–Kier alpha value is -0.380. The van der Waals surface area contributed by atoms with E-state index < -0.39 is 0 Å². The number of piperazine rings is 1. The molecular weight excluding hydrogens is 252 g/mol. The van der Waals surface area contributed by atoms with Gasteiger partial charge in [0.05, 0.1) is 0 Å². The van der Waals surface area contributed by atoms with E-state index in [9.17, 15) is 0 Å². The van der Waals surface area contributed by atoms with E-state index in [1.165, 1.54) is 57.3 Å². The van der Waals surface area contributed by atoms with E-state index >= 15 is 0 Å². The maximum atomic E-state index is 3.84. The molecule has 1 N–H and O–H groups in total. The summed E-state index contributed by atoms with van der Waals surface area (Å²) in [5.41, 5.74) is 1.53. The van der Waals surface area contributed by atoms with Crippen molar-refractivity contribution in [3.05, 3.63) is 22.4 Å². The molecule has 1 aromatic heterocycles. The lowest BCUT2D eigenvalue weighted by Gasteiger charge is -2.41. The Morgan fingerprint density at radius 3 is 2.74 bits per heavy atom. The van der Waals surface area contributed by atoms with Crippen LogP contribution in [0.5, 0.6) is 0 Å². The van der Waals surface area contributed by atoms with Gasteiger partial charge < -0.3 is 5.32 Å². The average Bonchev–Trinajstić information content (AvgIpc) is 3.35. The number of nitrogens with one attached hydrogen (secondary N) is 1. The standard InChI is InChI=1S/C16H24N2S/c1-2-13(1)15-10-18(7-5-12-6-8-19-11-12)16(9-17-15)14-3-4-14/h6,8,11,13-17H,1-5,7,9-10H2. The quantitative estimate of drug-likeness (QED) is 0.889. The molecule has 4 rings (SSSR count). The van der Waals surface area contributed by atoms with E-state index in [-0.39, 0.29) is 0 Å². The molecule has 104 valence electrons. The molecule has 0 aromatic carbocycles. The summed E-state index contributed by atoms with van der Waals surface area (Å²) in [6, 6.07) is 3.91. The molecule has 3 aliphatic rings. The largest absolute Gasteiger partial charge is 0.311 e. The van der Waals surface area contributed by atoms with Crippen LogP contribution < -0.4 is 5.32 Å². The van der Waals surface area contributed by atoms with Crippen molar-refractivity contribution in [2.75, 3.05) is 19.6 Å². The molecule has 2 nitrogen and oxygen atoms in total. The fourth-order valence-corrected chi connectivity index (χ4v) is 4.28. The van der Waals surface area contributed by atoms with Crippen LogP contribution in [0.4, 0.5) is 0 Å². The van der Waals surface area contributed by atoms with Gasteiger partial charge in [0.1, 0.15) is 0 Å². The molecule has 2 aliphatic carbocycles. The predicted molar refractivity (Wildman–Crippen MR) is 80.6 cm³/mol. The molecule has 2 atom stereocenters. The second-order valence-electron chi connectivity index (χ2n) is 6.63. The van der Waals surface area contributed by atoms with Crippen LogP contribution in [0.25, 0.3) is 0 Å². The zero-order valence-electron chi connectivity index (χ0n) is 11.6. The Labute approximate surface area is 120 Å². The number of nitrogens with zero attached hydrogens (tertiary/aromatic N) is 1. The SMILES string of the molecule is c1cc(CCN2CC(C3CC3)NCC2C2CC2)cs1. The molecule has 0 radical (unpaired) electrons. The fraction of sp³-hybridized carbons (Fsp3) is 0.750. The maximum absolute atomic E-state index is 3.84. The van der Waals surface area contributed by atoms with Crippen LogP contribution >= 0.6 is 11.3 Å². The van der Waals surface area contributed by atoms with Gasteiger partial charge in [0.2, 0.25) is 0 Å². The van der Waals surface area contributed by atoms with Crippen LogP contribution in [0.1, 0.15) is 31.2 Å². The van der Waals surface area contributed by atoms with Crippen LogP contribution in [0.3, 0.4) is 0 Å². The highest BCUT2D eigenvalue weighted by Crippen LogP contribution is 2.39. The van der Waals surface area contributed by atoms with Gasteiger partial charge in [-0.3, -0.25) is 4.90 Å². The van der Waals surface area contributed by atoms with Crippen molar-refractivity contribution >= 4 is 11.3 Å². The minimum absolute atomic E-state index is 0.789. The number of hydrogen-bond acceptors (Lipinski definition) is 3. The topological polar surface area (TPSA) is 15.3 Å². The predicted octanol–water partition coefficient (Wildman–Crippen LogP) is 2.75. The highest BCUT2D eigenvalue weighted by molar-refractivity contribution is 7.07. The number of thiophene rings is 1. The maximum Gasteiger partial charge on any atom is 0.0249 e. The van der Waals surface area contributed by atoms with Gasteiger partial charge in [0.15, 0.2) is 0 Å². The molecule has 0 amide bonds. The summed E-state index contributed by atoms with van der Waals surface area (Å²) in [7, 11) is 0. The molecule has 0 spiro atoms. The third-order valence-electron chi connectivity index (χ3n) is 5.11. The van der Waals surface area contributed by atoms with Crippen molar-refractivity contribution in [1.29, 1.82) is 0 Å². The molecule has 19 heavy (non-hydrogen) atoms. The lowest BCUT2D eigenvalue weighted by molar-refractivity contribution is 0.109. The Bertz CT molecular complexity index is 408. The van der Waals surface area contributed by atoms with Gasteiger partial charge in [0.25, 0.3) is 0 Å². The first-order chi connectivity index (χ1) is 9.40. The van der Waals surface area contributed by atoms with Gasteiger partial charge in [-0.1, -0.05) is 0 Å². The molecule has 2 unspecified atom stereocenters. The molecule has 1 aromatic rings. The molecule has 2 heterocycles. The molecule has 1 saturated heterocycles. The highest BCUT2D eigenvalue weighted by Gasteiger charge is 2.42. The molecule has 1 aliphatic heterocycles. The van der Waals surface area contributed by atoms with Gasteiger partial charge in [-0.15, -0.1) is 0 Å². The first-order valence-corrected chi connectivity index (χ1v) is 8.83. The van der Waals surface area contributed by atoms with Crippen LogP contribution in [0.2, 0.25) is 0 Å². The van der Waals surface area contributed by atoms with E-state index in [1.54, 1.807) is 0 Å². The van der Waals surface area contributed by atoms with Crippen molar-refractivity contribution in [3.63, 3.8) is 0 Å². The van der Waals surface area contributed by atoms with Crippen LogP contribution in [0, 0.1) is 11.8 Å². The summed E-state index contributed by atoms with van der Waals surface area (Å²) in [6.45, 7) is 3.81. The van der Waals surface area contributed by atoms with Gasteiger partial charge >= 0.3 is 0 Å². The van der Waals surface area contributed by atoms with Crippen LogP contribution in [0.15, 0.2) is 16.8 Å². The van der Waals surface area contributed by atoms with Crippen LogP contribution in [-0.4, -0.2) is 36.6 Å². The Morgan fingerprint density at radius 2 is 2.05 bits per heavy atom. The average molecular weight is 276 g/mol. The molecule has 0 bridgehead atoms. The highest BCUT2D eigenvalue weighted by atomic mass is 32.1. The zero-order chi connectivity index (χ0) is 12.7. The molecule has 3 heteroatoms. The first-order valence-electron chi connectivity index (χ1n) is 7.88. The monoisotopic (exact) mass is 276 g/mol. The summed E-state index contributed by atoms with van der Waals surface area (Å²) in [5.74, 6) is 1.99. The molecular formula is C16H24N2S. The lowest BCUT2D eigenvalue weighted by atomic mass is 10.0. The number of hydrogen-bond donors (Lipinski definition) is 1. The molecule has 2 saturated carbocycles. The second-order valence-corrected chi connectivity index (χ2v) is 7.41. The summed E-state index contributed by atoms with van der Waals surface area (Å²) < 4.78 is 0. The minimum Gasteiger partial charge on any atom is -0.311 e. The van der Waals surface area contributed by atoms with Gasteiger partial charge in [-0.2, -0.15) is 11.3 Å². The van der Waals surface area contributed by atoms with Gasteiger partial charge in [0, 0.05) is 31.7 Å². The Kier molecular flexibility index (Phi) is 3.38. The van der Waals surface area contributed by atoms with E-state index in [2.05, 4.69) is 27.0 Å². The Morgan fingerprint density at radius 1 is 1.21 bits per heavy atom. The van der Waals surface area contributed by atoms with E-state index in [1.807, 2.05) is 11.3 Å². The van der Waals surface area contributed by atoms with E-state index in [0.717, 1.165) is 23.9 Å². The summed E-state index contributed by atoms with van der Waals surface area (Å²) in [4.78, 5) is 2.81. The van der Waals surface area contributed by atoms with Crippen molar-refractivity contribution < 1.29 is 0 Å². The van der Waals surface area contributed by atoms with Gasteiger partial charge in [-0.25, -0.2) is 0 Å². The number of rotatable bonds is 5. The second kappa shape index (κ2) is 5.19. The fourth-order valence-electron chi connectivity index (χ4n) is 3.58. The van der Waals surface area contributed by atoms with Crippen LogP contribution in [-0.2, 0) is 6.42 Å². The van der Waals surface area contributed by atoms with E-state index in [4.69, 9.17) is 0 Å².